The van der Waals surface area contributed by atoms with E-state index in [2.05, 4.69) is 27.3 Å². The lowest BCUT2D eigenvalue weighted by molar-refractivity contribution is -0.137. The van der Waals surface area contributed by atoms with Crippen LogP contribution in [0.15, 0.2) is 18.3 Å². The normalized spacial score (nSPS) is 19.9. The van der Waals surface area contributed by atoms with Gasteiger partial charge in [-0.25, -0.2) is 14.4 Å². The number of allylic oxidation sites excluding steroid dienone is 2. The predicted octanol–water partition coefficient (Wildman–Crippen LogP) is 6.06. The predicted molar refractivity (Wildman–Crippen MR) is 132 cm³/mol. The highest BCUT2D eigenvalue weighted by Gasteiger charge is 2.39. The zero-order chi connectivity index (χ0) is 25.6. The maximum absolute atomic E-state index is 15.8. The third-order valence-corrected chi connectivity index (χ3v) is 6.99. The van der Waals surface area contributed by atoms with Gasteiger partial charge in [-0.15, -0.1) is 0 Å². The summed E-state index contributed by atoms with van der Waals surface area (Å²) in [5.41, 5.74) is 5.25. The van der Waals surface area contributed by atoms with Crippen LogP contribution in [0, 0.1) is 18.7 Å². The van der Waals surface area contributed by atoms with Crippen molar-refractivity contribution in [2.45, 2.75) is 64.6 Å². The minimum absolute atomic E-state index is 0.0592. The van der Waals surface area contributed by atoms with Crippen LogP contribution in [0.2, 0.25) is 0 Å². The number of rotatable bonds is 3. The quantitative estimate of drug-likeness (QED) is 0.426. The van der Waals surface area contributed by atoms with Crippen molar-refractivity contribution < 1.29 is 17.6 Å². The maximum atomic E-state index is 15.8. The second kappa shape index (κ2) is 9.46. The molecule has 0 radical (unpaired) electrons. The lowest BCUT2D eigenvalue weighted by atomic mass is 9.99. The second-order valence-corrected chi connectivity index (χ2v) is 9.98. The molecule has 3 aromatic heterocycles. The molecule has 36 heavy (non-hydrogen) atoms. The minimum Gasteiger partial charge on any atom is -0.384 e. The summed E-state index contributed by atoms with van der Waals surface area (Å²) in [6.07, 6.45) is 4.47. The average Bonchev–Trinajstić information content (AvgIpc) is 3.19. The molecule has 0 amide bonds. The van der Waals surface area contributed by atoms with Gasteiger partial charge in [0.1, 0.15) is 17.0 Å². The summed E-state index contributed by atoms with van der Waals surface area (Å²) in [5, 5.41) is 8.14. The molecule has 2 aliphatic carbocycles. The Bertz CT molecular complexity index is 1320. The summed E-state index contributed by atoms with van der Waals surface area (Å²) in [5.74, 6) is 0.00590. The third-order valence-electron chi connectivity index (χ3n) is 6.99. The van der Waals surface area contributed by atoms with Gasteiger partial charge in [0.25, 0.3) is 0 Å². The fraction of sp³-hybridized carbons (Fsp3) is 0.500. The minimum atomic E-state index is -4.73. The molecule has 1 saturated carbocycles. The van der Waals surface area contributed by atoms with Crippen LogP contribution in [0.5, 0.6) is 0 Å². The van der Waals surface area contributed by atoms with Gasteiger partial charge in [0, 0.05) is 10.9 Å². The first-order valence-electron chi connectivity index (χ1n) is 12.5. The van der Waals surface area contributed by atoms with Crippen molar-refractivity contribution in [3.05, 3.63) is 41.1 Å². The SMILES string of the molecule is CC1CCNC1.Cc1nc(N)cc(-c2nc(C3=CCCC3)c3cnn(C4CC4)c3c2F)c1C(F)(F)F. The van der Waals surface area contributed by atoms with Gasteiger partial charge < -0.3 is 11.1 Å². The zero-order valence-electron chi connectivity index (χ0n) is 20.4. The van der Waals surface area contributed by atoms with Crippen molar-refractivity contribution in [1.29, 1.82) is 0 Å². The Balaban J connectivity index is 0.000000391. The van der Waals surface area contributed by atoms with Crippen molar-refractivity contribution >= 4 is 22.3 Å². The van der Waals surface area contributed by atoms with Crippen LogP contribution in [-0.2, 0) is 6.18 Å². The first kappa shape index (κ1) is 24.7. The number of aryl methyl sites for hydroxylation is 1. The fourth-order valence-corrected chi connectivity index (χ4v) is 5.03. The number of hydrogen-bond acceptors (Lipinski definition) is 5. The van der Waals surface area contributed by atoms with Gasteiger partial charge >= 0.3 is 6.18 Å². The molecule has 1 aliphatic heterocycles. The van der Waals surface area contributed by atoms with Crippen molar-refractivity contribution in [3.8, 4) is 11.3 Å². The van der Waals surface area contributed by atoms with Gasteiger partial charge in [-0.1, -0.05) is 13.0 Å². The van der Waals surface area contributed by atoms with E-state index in [4.69, 9.17) is 5.73 Å². The van der Waals surface area contributed by atoms with Gasteiger partial charge in [0.05, 0.1) is 29.2 Å². The standard InChI is InChI=1S/C21H19F4N5.C5H11N/c1-10-16(21(23,24)25)13(8-15(26)28-10)19-17(22)20-14(9-27-30(20)12-6-7-12)18(29-19)11-4-2-3-5-11;1-5-2-3-6-4-5/h4,8-9,12H,2-3,5-7H2,1H3,(H2,26,28);5-6H,2-4H2,1H3. The lowest BCUT2D eigenvalue weighted by Crippen LogP contribution is -2.14. The number of hydrogen-bond donors (Lipinski definition) is 2. The highest BCUT2D eigenvalue weighted by molar-refractivity contribution is 5.94. The van der Waals surface area contributed by atoms with E-state index in [0.717, 1.165) is 49.7 Å². The Morgan fingerprint density at radius 2 is 1.92 bits per heavy atom. The Morgan fingerprint density at radius 3 is 2.47 bits per heavy atom. The summed E-state index contributed by atoms with van der Waals surface area (Å²) in [4.78, 5) is 8.16. The molecule has 3 aromatic rings. The van der Waals surface area contributed by atoms with Crippen LogP contribution in [0.3, 0.4) is 0 Å². The van der Waals surface area contributed by atoms with Crippen molar-refractivity contribution in [3.63, 3.8) is 0 Å². The summed E-state index contributed by atoms with van der Waals surface area (Å²) in [7, 11) is 0. The van der Waals surface area contributed by atoms with E-state index < -0.39 is 23.1 Å². The van der Waals surface area contributed by atoms with Gasteiger partial charge in [0.2, 0.25) is 0 Å². The molecule has 3 aliphatic rings. The van der Waals surface area contributed by atoms with Crippen molar-refractivity contribution in [2.75, 3.05) is 18.8 Å². The molecular formula is C26H30F4N6. The lowest BCUT2D eigenvalue weighted by Gasteiger charge is -2.17. The Kier molecular flexibility index (Phi) is 6.48. The molecule has 2 fully saturated rings. The van der Waals surface area contributed by atoms with E-state index in [-0.39, 0.29) is 28.8 Å². The number of anilines is 1. The van der Waals surface area contributed by atoms with E-state index in [9.17, 15) is 13.2 Å². The summed E-state index contributed by atoms with van der Waals surface area (Å²) in [6, 6.07) is 1.11. The van der Waals surface area contributed by atoms with E-state index in [1.54, 1.807) is 10.9 Å². The third kappa shape index (κ3) is 4.70. The molecule has 1 unspecified atom stereocenters. The topological polar surface area (TPSA) is 81.7 Å². The van der Waals surface area contributed by atoms with E-state index in [1.807, 2.05) is 6.08 Å². The van der Waals surface area contributed by atoms with Crippen LogP contribution >= 0.6 is 0 Å². The number of nitrogens with one attached hydrogen (secondary N) is 1. The Labute approximate surface area is 207 Å². The number of nitrogens with zero attached hydrogens (tertiary/aromatic N) is 4. The molecule has 3 N–H and O–H groups in total. The molecule has 192 valence electrons. The van der Waals surface area contributed by atoms with Crippen LogP contribution in [0.1, 0.15) is 68.4 Å². The van der Waals surface area contributed by atoms with Gasteiger partial charge in [-0.05, 0) is 76.1 Å². The van der Waals surface area contributed by atoms with Crippen LogP contribution in [-0.4, -0.2) is 32.8 Å². The number of halogens is 4. The number of nitrogens with two attached hydrogens (primary N) is 1. The molecule has 6 rings (SSSR count). The van der Waals surface area contributed by atoms with Crippen molar-refractivity contribution in [2.24, 2.45) is 5.92 Å². The Morgan fingerprint density at radius 1 is 1.14 bits per heavy atom. The number of nitrogen functional groups attached to an aromatic ring is 1. The summed E-state index contributed by atoms with van der Waals surface area (Å²) in [6.45, 7) is 5.97. The number of pyridine rings is 2. The molecule has 4 heterocycles. The molecule has 0 bridgehead atoms. The molecule has 0 aromatic carbocycles. The summed E-state index contributed by atoms with van der Waals surface area (Å²) < 4.78 is 59.0. The molecule has 1 atom stereocenters. The zero-order valence-corrected chi connectivity index (χ0v) is 20.4. The van der Waals surface area contributed by atoms with E-state index in [1.165, 1.54) is 26.4 Å². The van der Waals surface area contributed by atoms with Gasteiger partial charge in [-0.3, -0.25) is 4.68 Å². The number of alkyl halides is 3. The largest absolute Gasteiger partial charge is 0.418 e. The Hall–Kier alpha value is -3.01. The average molecular weight is 503 g/mol. The maximum Gasteiger partial charge on any atom is 0.418 e. The molecule has 1 saturated heterocycles. The summed E-state index contributed by atoms with van der Waals surface area (Å²) >= 11 is 0. The van der Waals surface area contributed by atoms with Gasteiger partial charge in [0.15, 0.2) is 5.82 Å². The molecular weight excluding hydrogens is 472 g/mol. The van der Waals surface area contributed by atoms with Crippen LogP contribution in [0.25, 0.3) is 27.7 Å². The first-order valence-corrected chi connectivity index (χ1v) is 12.5. The van der Waals surface area contributed by atoms with Crippen LogP contribution < -0.4 is 11.1 Å². The van der Waals surface area contributed by atoms with E-state index in [0.29, 0.717) is 11.1 Å². The van der Waals surface area contributed by atoms with E-state index >= 15 is 4.39 Å². The van der Waals surface area contributed by atoms with Crippen molar-refractivity contribution in [1.82, 2.24) is 25.1 Å². The van der Waals surface area contributed by atoms with Gasteiger partial charge in [-0.2, -0.15) is 18.3 Å². The first-order chi connectivity index (χ1) is 17.1. The highest BCUT2D eigenvalue weighted by atomic mass is 19.4. The number of aromatic nitrogens is 4. The fourth-order valence-electron chi connectivity index (χ4n) is 5.03. The molecule has 0 spiro atoms. The second-order valence-electron chi connectivity index (χ2n) is 9.98. The number of fused-ring (bicyclic) bond motifs is 1. The molecule has 6 nitrogen and oxygen atoms in total. The molecule has 10 heteroatoms. The van der Waals surface area contributed by atoms with Crippen LogP contribution in [0.4, 0.5) is 23.4 Å². The highest BCUT2D eigenvalue weighted by Crippen LogP contribution is 2.44. The smallest absolute Gasteiger partial charge is 0.384 e. The monoisotopic (exact) mass is 502 g/mol.